The first-order valence-corrected chi connectivity index (χ1v) is 5.93. The van der Waals surface area contributed by atoms with Crippen molar-refractivity contribution in [3.8, 4) is 0 Å². The third-order valence-electron chi connectivity index (χ3n) is 2.72. The highest BCUT2D eigenvalue weighted by atomic mass is 16.5. The second-order valence-electron chi connectivity index (χ2n) is 4.51. The maximum atomic E-state index is 5.75. The van der Waals surface area contributed by atoms with Crippen LogP contribution in [0.5, 0.6) is 0 Å². The molecule has 0 fully saturated rings. The standard InChI is InChI=1S/C15H22O/c1-6-16-15(11(2)3)13(5)14-9-7-12(4)8-10-14/h7-11,15H,5-6H2,1-4H3. The number of benzene rings is 1. The molecule has 0 bridgehead atoms. The highest BCUT2D eigenvalue weighted by Crippen LogP contribution is 2.24. The summed E-state index contributed by atoms with van der Waals surface area (Å²) < 4.78 is 5.75. The van der Waals surface area contributed by atoms with Gasteiger partial charge in [-0.3, -0.25) is 0 Å². The average molecular weight is 218 g/mol. The summed E-state index contributed by atoms with van der Waals surface area (Å²) in [6.45, 7) is 13.4. The van der Waals surface area contributed by atoms with Crippen molar-refractivity contribution in [2.24, 2.45) is 5.92 Å². The molecule has 1 atom stereocenters. The maximum absolute atomic E-state index is 5.75. The molecule has 88 valence electrons. The van der Waals surface area contributed by atoms with Crippen LogP contribution >= 0.6 is 0 Å². The van der Waals surface area contributed by atoms with E-state index in [0.29, 0.717) is 5.92 Å². The molecule has 1 aromatic rings. The molecule has 0 heterocycles. The first kappa shape index (κ1) is 13.0. The minimum atomic E-state index is 0.118. The molecule has 0 aliphatic heterocycles. The Morgan fingerprint density at radius 2 is 1.81 bits per heavy atom. The first-order valence-electron chi connectivity index (χ1n) is 5.93. The van der Waals surface area contributed by atoms with Gasteiger partial charge < -0.3 is 4.74 Å². The zero-order chi connectivity index (χ0) is 12.1. The fraction of sp³-hybridized carbons (Fsp3) is 0.467. The van der Waals surface area contributed by atoms with Crippen LogP contribution in [0.2, 0.25) is 0 Å². The summed E-state index contributed by atoms with van der Waals surface area (Å²) in [4.78, 5) is 0. The topological polar surface area (TPSA) is 9.23 Å². The van der Waals surface area contributed by atoms with Gasteiger partial charge in [0.2, 0.25) is 0 Å². The zero-order valence-corrected chi connectivity index (χ0v) is 10.8. The van der Waals surface area contributed by atoms with Gasteiger partial charge in [-0.25, -0.2) is 0 Å². The predicted octanol–water partition coefficient (Wildman–Crippen LogP) is 4.07. The van der Waals surface area contributed by atoms with E-state index >= 15 is 0 Å². The summed E-state index contributed by atoms with van der Waals surface area (Å²) in [5, 5.41) is 0. The first-order chi connectivity index (χ1) is 7.56. The Morgan fingerprint density at radius 3 is 2.25 bits per heavy atom. The summed E-state index contributed by atoms with van der Waals surface area (Å²) in [6, 6.07) is 8.46. The van der Waals surface area contributed by atoms with Crippen molar-refractivity contribution in [3.05, 3.63) is 42.0 Å². The molecular formula is C15H22O. The van der Waals surface area contributed by atoms with Gasteiger partial charge in [0.05, 0.1) is 6.10 Å². The predicted molar refractivity (Wildman–Crippen MR) is 70.5 cm³/mol. The van der Waals surface area contributed by atoms with Crippen LogP contribution < -0.4 is 0 Å². The van der Waals surface area contributed by atoms with Gasteiger partial charge in [0.25, 0.3) is 0 Å². The lowest BCUT2D eigenvalue weighted by molar-refractivity contribution is 0.0720. The molecule has 1 unspecified atom stereocenters. The van der Waals surface area contributed by atoms with Crippen molar-refractivity contribution < 1.29 is 4.74 Å². The molecule has 0 spiro atoms. The Kier molecular flexibility index (Phi) is 4.75. The van der Waals surface area contributed by atoms with Gasteiger partial charge in [-0.1, -0.05) is 50.3 Å². The van der Waals surface area contributed by atoms with Crippen molar-refractivity contribution in [3.63, 3.8) is 0 Å². The van der Waals surface area contributed by atoms with Gasteiger partial charge in [-0.05, 0) is 30.9 Å². The van der Waals surface area contributed by atoms with E-state index < -0.39 is 0 Å². The maximum Gasteiger partial charge on any atom is 0.0847 e. The molecule has 0 saturated carbocycles. The number of hydrogen-bond acceptors (Lipinski definition) is 1. The lowest BCUT2D eigenvalue weighted by atomic mass is 9.94. The van der Waals surface area contributed by atoms with Gasteiger partial charge in [-0.15, -0.1) is 0 Å². The lowest BCUT2D eigenvalue weighted by Gasteiger charge is -2.23. The number of ether oxygens (including phenoxy) is 1. The highest BCUT2D eigenvalue weighted by Gasteiger charge is 2.17. The van der Waals surface area contributed by atoms with Crippen molar-refractivity contribution >= 4 is 5.57 Å². The minimum absolute atomic E-state index is 0.118. The molecule has 0 aromatic heterocycles. The minimum Gasteiger partial charge on any atom is -0.374 e. The average Bonchev–Trinajstić information content (AvgIpc) is 2.25. The van der Waals surface area contributed by atoms with E-state index in [9.17, 15) is 0 Å². The van der Waals surface area contributed by atoms with Crippen LogP contribution in [0.1, 0.15) is 31.9 Å². The van der Waals surface area contributed by atoms with Crippen LogP contribution in [-0.2, 0) is 4.74 Å². The summed E-state index contributed by atoms with van der Waals surface area (Å²) in [5.74, 6) is 0.453. The highest BCUT2D eigenvalue weighted by molar-refractivity contribution is 5.67. The van der Waals surface area contributed by atoms with Crippen LogP contribution in [0, 0.1) is 12.8 Å². The monoisotopic (exact) mass is 218 g/mol. The second kappa shape index (κ2) is 5.86. The SMILES string of the molecule is C=C(c1ccc(C)cc1)C(OCC)C(C)C. The Morgan fingerprint density at radius 1 is 1.25 bits per heavy atom. The third-order valence-corrected chi connectivity index (χ3v) is 2.72. The Hall–Kier alpha value is -1.08. The summed E-state index contributed by atoms with van der Waals surface area (Å²) in [6.07, 6.45) is 0.118. The van der Waals surface area contributed by atoms with E-state index in [2.05, 4.69) is 51.6 Å². The van der Waals surface area contributed by atoms with Gasteiger partial charge in [0.15, 0.2) is 0 Å². The van der Waals surface area contributed by atoms with Crippen molar-refractivity contribution in [2.75, 3.05) is 6.61 Å². The quantitative estimate of drug-likeness (QED) is 0.724. The summed E-state index contributed by atoms with van der Waals surface area (Å²) in [7, 11) is 0. The summed E-state index contributed by atoms with van der Waals surface area (Å²) in [5.41, 5.74) is 3.53. The fourth-order valence-electron chi connectivity index (χ4n) is 1.81. The van der Waals surface area contributed by atoms with E-state index in [4.69, 9.17) is 4.74 Å². The van der Waals surface area contributed by atoms with E-state index in [-0.39, 0.29) is 6.10 Å². The molecule has 0 amide bonds. The molecule has 1 aromatic carbocycles. The molecule has 1 nitrogen and oxygen atoms in total. The lowest BCUT2D eigenvalue weighted by Crippen LogP contribution is -2.21. The van der Waals surface area contributed by atoms with Crippen LogP contribution in [-0.4, -0.2) is 12.7 Å². The molecule has 1 rings (SSSR count). The van der Waals surface area contributed by atoms with Crippen molar-refractivity contribution in [1.82, 2.24) is 0 Å². The van der Waals surface area contributed by atoms with Gasteiger partial charge >= 0.3 is 0 Å². The van der Waals surface area contributed by atoms with E-state index in [1.165, 1.54) is 11.1 Å². The molecule has 0 aliphatic carbocycles. The number of rotatable bonds is 5. The Bertz CT molecular complexity index is 335. The number of hydrogen-bond donors (Lipinski definition) is 0. The van der Waals surface area contributed by atoms with Crippen molar-refractivity contribution in [2.45, 2.75) is 33.8 Å². The molecule has 16 heavy (non-hydrogen) atoms. The smallest absolute Gasteiger partial charge is 0.0847 e. The van der Waals surface area contributed by atoms with Crippen molar-refractivity contribution in [1.29, 1.82) is 0 Å². The largest absolute Gasteiger partial charge is 0.374 e. The molecule has 1 heteroatoms. The number of aryl methyl sites for hydroxylation is 1. The molecule has 0 radical (unpaired) electrons. The van der Waals surface area contributed by atoms with Crippen LogP contribution in [0.25, 0.3) is 5.57 Å². The van der Waals surface area contributed by atoms with E-state index in [1.54, 1.807) is 0 Å². The van der Waals surface area contributed by atoms with Crippen LogP contribution in [0.4, 0.5) is 0 Å². The Balaban J connectivity index is 2.86. The van der Waals surface area contributed by atoms with Gasteiger partial charge in [0, 0.05) is 6.61 Å². The van der Waals surface area contributed by atoms with Gasteiger partial charge in [-0.2, -0.15) is 0 Å². The van der Waals surface area contributed by atoms with Crippen LogP contribution in [0.15, 0.2) is 30.8 Å². The van der Waals surface area contributed by atoms with Crippen LogP contribution in [0.3, 0.4) is 0 Å². The van der Waals surface area contributed by atoms with E-state index in [0.717, 1.165) is 12.2 Å². The second-order valence-corrected chi connectivity index (χ2v) is 4.51. The third kappa shape index (κ3) is 3.21. The molecular weight excluding hydrogens is 196 g/mol. The normalized spacial score (nSPS) is 12.8. The van der Waals surface area contributed by atoms with E-state index in [1.807, 2.05) is 6.92 Å². The molecule has 0 N–H and O–H groups in total. The molecule has 0 aliphatic rings. The Labute approximate surface area is 99.1 Å². The zero-order valence-electron chi connectivity index (χ0n) is 10.8. The fourth-order valence-corrected chi connectivity index (χ4v) is 1.81. The summed E-state index contributed by atoms with van der Waals surface area (Å²) >= 11 is 0. The van der Waals surface area contributed by atoms with Gasteiger partial charge in [0.1, 0.15) is 0 Å². The molecule has 0 saturated heterocycles.